The Hall–Kier alpha value is -1.60. The largest absolute Gasteiger partial charge is 0.381 e. The van der Waals surface area contributed by atoms with E-state index in [1.54, 1.807) is 24.3 Å². The Morgan fingerprint density at radius 2 is 1.75 bits per heavy atom. The topological polar surface area (TPSA) is 75.7 Å². The van der Waals surface area contributed by atoms with Crippen LogP contribution in [0, 0.1) is 5.92 Å². The van der Waals surface area contributed by atoms with Gasteiger partial charge in [-0.25, -0.2) is 8.42 Å². The lowest BCUT2D eigenvalue weighted by Gasteiger charge is -2.34. The minimum absolute atomic E-state index is 0.0541. The maximum atomic E-state index is 12.2. The standard InChI is InChI=1S/C17H24N2O4S/c1-24(21,22)19(16-9-11-23-12-10-16)15-7-5-14(6-8-15)18-17(20)13-3-2-4-13/h5-8,13,16H,2-4,9-12H2,1H3,(H,18,20). The molecule has 1 saturated carbocycles. The molecule has 0 spiro atoms. The second-order valence-corrected chi connectivity index (χ2v) is 8.43. The van der Waals surface area contributed by atoms with E-state index in [9.17, 15) is 13.2 Å². The van der Waals surface area contributed by atoms with Gasteiger partial charge >= 0.3 is 0 Å². The number of carbonyl (C=O) groups is 1. The summed E-state index contributed by atoms with van der Waals surface area (Å²) in [6, 6.07) is 6.97. The second kappa shape index (κ2) is 7.11. The summed E-state index contributed by atoms with van der Waals surface area (Å²) in [5.74, 6) is 0.179. The zero-order chi connectivity index (χ0) is 17.2. The number of hydrogen-bond acceptors (Lipinski definition) is 4. The fourth-order valence-corrected chi connectivity index (χ4v) is 4.46. The summed E-state index contributed by atoms with van der Waals surface area (Å²) in [6.07, 6.45) is 5.63. The summed E-state index contributed by atoms with van der Waals surface area (Å²) in [5.41, 5.74) is 1.34. The van der Waals surface area contributed by atoms with Crippen molar-refractivity contribution in [2.45, 2.75) is 38.1 Å². The zero-order valence-corrected chi connectivity index (χ0v) is 14.7. The van der Waals surface area contributed by atoms with Gasteiger partial charge in [0, 0.05) is 30.9 Å². The van der Waals surface area contributed by atoms with Crippen molar-refractivity contribution >= 4 is 27.3 Å². The molecule has 1 N–H and O–H groups in total. The van der Waals surface area contributed by atoms with Gasteiger partial charge in [-0.05, 0) is 49.9 Å². The molecule has 0 aromatic heterocycles. The van der Waals surface area contributed by atoms with Crippen molar-refractivity contribution in [1.82, 2.24) is 0 Å². The first-order chi connectivity index (χ1) is 11.4. The first kappa shape index (κ1) is 17.2. The van der Waals surface area contributed by atoms with E-state index >= 15 is 0 Å². The normalized spacial score (nSPS) is 19.5. The predicted octanol–water partition coefficient (Wildman–Crippen LogP) is 2.37. The highest BCUT2D eigenvalue weighted by molar-refractivity contribution is 7.92. The van der Waals surface area contributed by atoms with Crippen molar-refractivity contribution in [3.63, 3.8) is 0 Å². The zero-order valence-electron chi connectivity index (χ0n) is 13.9. The van der Waals surface area contributed by atoms with E-state index in [-0.39, 0.29) is 17.9 Å². The number of hydrogen-bond donors (Lipinski definition) is 1. The van der Waals surface area contributed by atoms with Gasteiger partial charge < -0.3 is 10.1 Å². The molecule has 0 unspecified atom stereocenters. The quantitative estimate of drug-likeness (QED) is 0.883. The van der Waals surface area contributed by atoms with E-state index in [0.717, 1.165) is 19.3 Å². The molecular formula is C17H24N2O4S. The van der Waals surface area contributed by atoms with Gasteiger partial charge in [0.05, 0.1) is 11.9 Å². The van der Waals surface area contributed by atoms with Crippen LogP contribution in [0.15, 0.2) is 24.3 Å². The molecule has 24 heavy (non-hydrogen) atoms. The summed E-state index contributed by atoms with van der Waals surface area (Å²) in [6.45, 7) is 1.15. The molecule has 1 saturated heterocycles. The van der Waals surface area contributed by atoms with Crippen LogP contribution < -0.4 is 9.62 Å². The number of sulfonamides is 1. The molecule has 132 valence electrons. The van der Waals surface area contributed by atoms with Crippen LogP contribution in [0.2, 0.25) is 0 Å². The van der Waals surface area contributed by atoms with Crippen molar-refractivity contribution in [1.29, 1.82) is 0 Å². The molecule has 0 atom stereocenters. The SMILES string of the molecule is CS(=O)(=O)N(c1ccc(NC(=O)C2CCC2)cc1)C1CCOCC1. The number of nitrogens with zero attached hydrogens (tertiary/aromatic N) is 1. The highest BCUT2D eigenvalue weighted by Crippen LogP contribution is 2.29. The number of nitrogens with one attached hydrogen (secondary N) is 1. The van der Waals surface area contributed by atoms with Crippen molar-refractivity contribution in [2.24, 2.45) is 5.92 Å². The molecule has 3 rings (SSSR count). The number of carbonyl (C=O) groups excluding carboxylic acids is 1. The van der Waals surface area contributed by atoms with Crippen LogP contribution in [0.5, 0.6) is 0 Å². The molecule has 7 heteroatoms. The van der Waals surface area contributed by atoms with Crippen LogP contribution in [-0.4, -0.2) is 39.8 Å². The lowest BCUT2D eigenvalue weighted by atomic mass is 9.85. The Morgan fingerprint density at radius 1 is 1.12 bits per heavy atom. The Balaban J connectivity index is 1.74. The number of benzene rings is 1. The summed E-state index contributed by atoms with van der Waals surface area (Å²) in [7, 11) is -3.37. The molecule has 2 aliphatic rings. The van der Waals surface area contributed by atoms with E-state index in [1.807, 2.05) is 0 Å². The maximum absolute atomic E-state index is 12.2. The molecule has 6 nitrogen and oxygen atoms in total. The lowest BCUT2D eigenvalue weighted by Crippen LogP contribution is -2.43. The van der Waals surface area contributed by atoms with Crippen LogP contribution >= 0.6 is 0 Å². The number of ether oxygens (including phenoxy) is 1. The highest BCUT2D eigenvalue weighted by Gasteiger charge is 2.29. The van der Waals surface area contributed by atoms with Crippen LogP contribution in [0.4, 0.5) is 11.4 Å². The van der Waals surface area contributed by atoms with Gasteiger partial charge in [-0.3, -0.25) is 9.10 Å². The van der Waals surface area contributed by atoms with Crippen molar-refractivity contribution in [3.05, 3.63) is 24.3 Å². The molecule has 0 radical (unpaired) electrons. The smallest absolute Gasteiger partial charge is 0.232 e. The predicted molar refractivity (Wildman–Crippen MR) is 93.6 cm³/mol. The van der Waals surface area contributed by atoms with Gasteiger partial charge in [0.25, 0.3) is 0 Å². The molecule has 2 fully saturated rings. The van der Waals surface area contributed by atoms with Gasteiger partial charge in [0.1, 0.15) is 0 Å². The molecular weight excluding hydrogens is 328 g/mol. The first-order valence-electron chi connectivity index (χ1n) is 8.43. The fraction of sp³-hybridized carbons (Fsp3) is 0.588. The summed E-state index contributed by atoms with van der Waals surface area (Å²) in [5, 5.41) is 2.90. The van der Waals surface area contributed by atoms with E-state index in [0.29, 0.717) is 37.4 Å². The molecule has 0 bridgehead atoms. The maximum Gasteiger partial charge on any atom is 0.232 e. The third-order valence-corrected chi connectivity index (χ3v) is 5.97. The average Bonchev–Trinajstić information content (AvgIpc) is 2.47. The number of amides is 1. The fourth-order valence-electron chi connectivity index (χ4n) is 3.20. The molecule has 1 heterocycles. The molecule has 1 aliphatic heterocycles. The minimum atomic E-state index is -3.37. The van der Waals surface area contributed by atoms with E-state index in [4.69, 9.17) is 4.74 Å². The summed E-state index contributed by atoms with van der Waals surface area (Å²) < 4.78 is 31.3. The van der Waals surface area contributed by atoms with Crippen LogP contribution in [0.1, 0.15) is 32.1 Å². The number of rotatable bonds is 5. The Labute approximate surface area is 143 Å². The van der Waals surface area contributed by atoms with Gasteiger partial charge in [-0.1, -0.05) is 6.42 Å². The highest BCUT2D eigenvalue weighted by atomic mass is 32.2. The summed E-state index contributed by atoms with van der Waals surface area (Å²) >= 11 is 0. The van der Waals surface area contributed by atoms with E-state index < -0.39 is 10.0 Å². The van der Waals surface area contributed by atoms with Gasteiger partial charge in [-0.2, -0.15) is 0 Å². The van der Waals surface area contributed by atoms with Crippen molar-refractivity contribution < 1.29 is 17.9 Å². The molecule has 1 amide bonds. The van der Waals surface area contributed by atoms with Crippen molar-refractivity contribution in [3.8, 4) is 0 Å². The first-order valence-corrected chi connectivity index (χ1v) is 10.3. The van der Waals surface area contributed by atoms with Crippen LogP contribution in [0.3, 0.4) is 0 Å². The molecule has 1 aromatic carbocycles. The minimum Gasteiger partial charge on any atom is -0.381 e. The third kappa shape index (κ3) is 3.89. The van der Waals surface area contributed by atoms with Gasteiger partial charge in [-0.15, -0.1) is 0 Å². The number of anilines is 2. The summed E-state index contributed by atoms with van der Waals surface area (Å²) in [4.78, 5) is 12.0. The molecule has 1 aliphatic carbocycles. The third-order valence-electron chi connectivity index (χ3n) is 4.75. The van der Waals surface area contributed by atoms with Gasteiger partial charge in [0.15, 0.2) is 0 Å². The second-order valence-electron chi connectivity index (χ2n) is 6.57. The molecule has 1 aromatic rings. The monoisotopic (exact) mass is 352 g/mol. The van der Waals surface area contributed by atoms with Crippen LogP contribution in [0.25, 0.3) is 0 Å². The average molecular weight is 352 g/mol. The van der Waals surface area contributed by atoms with E-state index in [1.165, 1.54) is 10.6 Å². The van der Waals surface area contributed by atoms with Crippen molar-refractivity contribution in [2.75, 3.05) is 29.1 Å². The Morgan fingerprint density at radius 3 is 2.25 bits per heavy atom. The lowest BCUT2D eigenvalue weighted by molar-refractivity contribution is -0.122. The van der Waals surface area contributed by atoms with E-state index in [2.05, 4.69) is 5.32 Å². The van der Waals surface area contributed by atoms with Gasteiger partial charge in [0.2, 0.25) is 15.9 Å². The Kier molecular flexibility index (Phi) is 5.10. The van der Waals surface area contributed by atoms with Crippen LogP contribution in [-0.2, 0) is 19.6 Å². The Bertz CT molecular complexity index is 677.